The first-order valence-electron chi connectivity index (χ1n) is 4.53. The van der Waals surface area contributed by atoms with Gasteiger partial charge in [-0.15, -0.1) is 0 Å². The summed E-state index contributed by atoms with van der Waals surface area (Å²) >= 11 is 0. The van der Waals surface area contributed by atoms with Crippen LogP contribution in [0.15, 0.2) is 24.3 Å². The normalized spacial score (nSPS) is 14.8. The highest BCUT2D eigenvalue weighted by atomic mass is 16.4. The molecule has 0 heterocycles. The van der Waals surface area contributed by atoms with Crippen LogP contribution >= 0.6 is 0 Å². The highest BCUT2D eigenvalue weighted by Crippen LogP contribution is 2.25. The van der Waals surface area contributed by atoms with Crippen molar-refractivity contribution in [2.75, 3.05) is 0 Å². The van der Waals surface area contributed by atoms with E-state index in [1.807, 2.05) is 6.92 Å². The summed E-state index contributed by atoms with van der Waals surface area (Å²) in [5.41, 5.74) is -0.288. The van der Waals surface area contributed by atoms with E-state index in [0.29, 0.717) is 5.56 Å². The fourth-order valence-electron chi connectivity index (χ4n) is 1.31. The second kappa shape index (κ2) is 3.80. The average molecular weight is 194 g/mol. The molecule has 0 aliphatic carbocycles. The molecule has 0 spiro atoms. The number of carboxylic acids is 1. The Labute approximate surface area is 83.0 Å². The highest BCUT2D eigenvalue weighted by Gasteiger charge is 2.35. The minimum absolute atomic E-state index is 0.158. The Bertz CT molecular complexity index is 329. The molecule has 2 N–H and O–H groups in total. The average Bonchev–Trinajstić information content (AvgIpc) is 2.17. The summed E-state index contributed by atoms with van der Waals surface area (Å²) in [6.45, 7) is 3.56. The van der Waals surface area contributed by atoms with Crippen molar-refractivity contribution in [3.05, 3.63) is 35.4 Å². The Kier molecular flexibility index (Phi) is 2.91. The fraction of sp³-hybridized carbons (Fsp3) is 0.364. The van der Waals surface area contributed by atoms with Crippen LogP contribution in [0.4, 0.5) is 0 Å². The van der Waals surface area contributed by atoms with Gasteiger partial charge < -0.3 is 10.2 Å². The van der Waals surface area contributed by atoms with Gasteiger partial charge >= 0.3 is 5.97 Å². The number of aliphatic hydroxyl groups is 1. The quantitative estimate of drug-likeness (QED) is 0.769. The van der Waals surface area contributed by atoms with E-state index >= 15 is 0 Å². The molecular formula is C11H14O3. The Hall–Kier alpha value is -1.35. The molecule has 1 rings (SSSR count). The van der Waals surface area contributed by atoms with Crippen LogP contribution in [0.1, 0.15) is 24.5 Å². The molecule has 0 bridgehead atoms. The first kappa shape index (κ1) is 10.7. The van der Waals surface area contributed by atoms with Gasteiger partial charge in [-0.2, -0.15) is 0 Å². The van der Waals surface area contributed by atoms with Crippen LogP contribution in [-0.2, 0) is 10.4 Å². The van der Waals surface area contributed by atoms with Gasteiger partial charge in [-0.1, -0.05) is 36.8 Å². The zero-order chi connectivity index (χ0) is 10.8. The molecule has 1 atom stereocenters. The number of carboxylic acid groups (broad SMARTS) is 1. The van der Waals surface area contributed by atoms with Crippen LogP contribution in [0.5, 0.6) is 0 Å². The third kappa shape index (κ3) is 1.77. The summed E-state index contributed by atoms with van der Waals surface area (Å²) < 4.78 is 0. The Morgan fingerprint density at radius 2 is 1.86 bits per heavy atom. The molecule has 1 aromatic rings. The zero-order valence-electron chi connectivity index (χ0n) is 8.32. The molecule has 0 aliphatic rings. The SMILES string of the molecule is CC[C@@](O)(C(=O)O)c1ccc(C)cc1. The van der Waals surface area contributed by atoms with Gasteiger partial charge in [-0.25, -0.2) is 4.79 Å². The maximum absolute atomic E-state index is 10.9. The molecule has 0 radical (unpaired) electrons. The molecule has 0 aromatic heterocycles. The Balaban J connectivity index is 3.13. The lowest BCUT2D eigenvalue weighted by molar-refractivity contribution is -0.160. The summed E-state index contributed by atoms with van der Waals surface area (Å²) in [6, 6.07) is 6.87. The van der Waals surface area contributed by atoms with Crippen molar-refractivity contribution < 1.29 is 15.0 Å². The molecule has 0 unspecified atom stereocenters. The van der Waals surface area contributed by atoms with E-state index in [4.69, 9.17) is 5.11 Å². The minimum Gasteiger partial charge on any atom is -0.479 e. The summed E-state index contributed by atoms with van der Waals surface area (Å²) in [7, 11) is 0. The van der Waals surface area contributed by atoms with Crippen LogP contribution in [0.3, 0.4) is 0 Å². The van der Waals surface area contributed by atoms with Gasteiger partial charge in [0, 0.05) is 0 Å². The number of hydrogen-bond acceptors (Lipinski definition) is 2. The minimum atomic E-state index is -1.76. The summed E-state index contributed by atoms with van der Waals surface area (Å²) in [5.74, 6) is -1.20. The van der Waals surface area contributed by atoms with Crippen molar-refractivity contribution >= 4 is 5.97 Å². The molecule has 3 nitrogen and oxygen atoms in total. The van der Waals surface area contributed by atoms with Gasteiger partial charge in [0.05, 0.1) is 0 Å². The van der Waals surface area contributed by atoms with Gasteiger partial charge in [0.1, 0.15) is 0 Å². The number of hydrogen-bond donors (Lipinski definition) is 2. The number of benzene rings is 1. The summed E-state index contributed by atoms with van der Waals surface area (Å²) in [5, 5.41) is 18.8. The van der Waals surface area contributed by atoms with Crippen LogP contribution in [0, 0.1) is 6.92 Å². The van der Waals surface area contributed by atoms with E-state index in [2.05, 4.69) is 0 Å². The first-order valence-corrected chi connectivity index (χ1v) is 4.53. The topological polar surface area (TPSA) is 57.5 Å². The highest BCUT2D eigenvalue weighted by molar-refractivity contribution is 5.79. The molecule has 0 aliphatic heterocycles. The molecule has 3 heteroatoms. The predicted octanol–water partition coefficient (Wildman–Crippen LogP) is 1.68. The monoisotopic (exact) mass is 194 g/mol. The molecule has 0 amide bonds. The van der Waals surface area contributed by atoms with Gasteiger partial charge in [-0.3, -0.25) is 0 Å². The van der Waals surface area contributed by atoms with Crippen molar-refractivity contribution in [2.45, 2.75) is 25.9 Å². The fourth-order valence-corrected chi connectivity index (χ4v) is 1.31. The van der Waals surface area contributed by atoms with Crippen LogP contribution in [0.25, 0.3) is 0 Å². The lowest BCUT2D eigenvalue weighted by atomic mass is 9.91. The smallest absolute Gasteiger partial charge is 0.340 e. The Morgan fingerprint density at radius 1 is 1.36 bits per heavy atom. The second-order valence-electron chi connectivity index (χ2n) is 3.39. The standard InChI is InChI=1S/C11H14O3/c1-3-11(14,10(12)13)9-6-4-8(2)5-7-9/h4-7,14H,3H2,1-2H3,(H,12,13)/t11-/m0/s1. The maximum atomic E-state index is 10.9. The van der Waals surface area contributed by atoms with Gasteiger partial charge in [0.15, 0.2) is 5.60 Å². The first-order chi connectivity index (χ1) is 6.50. The van der Waals surface area contributed by atoms with Crippen molar-refractivity contribution in [2.24, 2.45) is 0 Å². The van der Waals surface area contributed by atoms with Gasteiger partial charge in [-0.05, 0) is 18.9 Å². The van der Waals surface area contributed by atoms with E-state index in [1.54, 1.807) is 31.2 Å². The van der Waals surface area contributed by atoms with Crippen LogP contribution in [-0.4, -0.2) is 16.2 Å². The largest absolute Gasteiger partial charge is 0.479 e. The number of aryl methyl sites for hydroxylation is 1. The van der Waals surface area contributed by atoms with Gasteiger partial charge in [0.2, 0.25) is 0 Å². The predicted molar refractivity (Wildman–Crippen MR) is 53.0 cm³/mol. The van der Waals surface area contributed by atoms with E-state index in [-0.39, 0.29) is 6.42 Å². The molecule has 0 fully saturated rings. The van der Waals surface area contributed by atoms with Crippen molar-refractivity contribution in [3.63, 3.8) is 0 Å². The molecular weight excluding hydrogens is 180 g/mol. The molecule has 76 valence electrons. The summed E-state index contributed by atoms with van der Waals surface area (Å²) in [4.78, 5) is 10.9. The van der Waals surface area contributed by atoms with E-state index in [9.17, 15) is 9.90 Å². The lowest BCUT2D eigenvalue weighted by Crippen LogP contribution is -2.34. The van der Waals surface area contributed by atoms with E-state index < -0.39 is 11.6 Å². The molecule has 1 aromatic carbocycles. The third-order valence-electron chi connectivity index (χ3n) is 2.39. The van der Waals surface area contributed by atoms with Gasteiger partial charge in [0.25, 0.3) is 0 Å². The third-order valence-corrected chi connectivity index (χ3v) is 2.39. The summed E-state index contributed by atoms with van der Waals surface area (Å²) in [6.07, 6.45) is 0.158. The number of carbonyl (C=O) groups is 1. The van der Waals surface area contributed by atoms with Crippen LogP contribution < -0.4 is 0 Å². The lowest BCUT2D eigenvalue weighted by Gasteiger charge is -2.22. The van der Waals surface area contributed by atoms with Crippen molar-refractivity contribution in [1.29, 1.82) is 0 Å². The second-order valence-corrected chi connectivity index (χ2v) is 3.39. The van der Waals surface area contributed by atoms with Crippen LogP contribution in [0.2, 0.25) is 0 Å². The van der Waals surface area contributed by atoms with E-state index in [0.717, 1.165) is 5.56 Å². The zero-order valence-corrected chi connectivity index (χ0v) is 8.32. The van der Waals surface area contributed by atoms with Crippen molar-refractivity contribution in [3.8, 4) is 0 Å². The maximum Gasteiger partial charge on any atom is 0.340 e. The molecule has 0 saturated heterocycles. The van der Waals surface area contributed by atoms with Crippen molar-refractivity contribution in [1.82, 2.24) is 0 Å². The molecule has 14 heavy (non-hydrogen) atoms. The number of rotatable bonds is 3. The molecule has 0 saturated carbocycles. The van der Waals surface area contributed by atoms with E-state index in [1.165, 1.54) is 0 Å². The Morgan fingerprint density at radius 3 is 2.21 bits per heavy atom. The number of aliphatic carboxylic acids is 1.